The van der Waals surface area contributed by atoms with Gasteiger partial charge in [0.15, 0.2) is 5.12 Å². The monoisotopic (exact) mass is 305 g/mol. The molecule has 1 amide bonds. The Kier molecular flexibility index (Phi) is 5.32. The molecular weight excluding hydrogens is 286 g/mol. The summed E-state index contributed by atoms with van der Waals surface area (Å²) >= 11 is 2.56. The number of amides is 1. The first-order chi connectivity index (χ1) is 8.66. The van der Waals surface area contributed by atoms with Crippen LogP contribution in [-0.4, -0.2) is 49.4 Å². The summed E-state index contributed by atoms with van der Waals surface area (Å²) < 4.78 is 0. The van der Waals surface area contributed by atoms with Crippen molar-refractivity contribution in [1.82, 2.24) is 4.90 Å². The van der Waals surface area contributed by atoms with Crippen LogP contribution in [0, 0.1) is 5.92 Å². The normalized spacial score (nSPS) is 23.2. The highest BCUT2D eigenvalue weighted by Gasteiger charge is 2.47. The van der Waals surface area contributed by atoms with E-state index in [0.717, 1.165) is 11.8 Å². The van der Waals surface area contributed by atoms with Crippen LogP contribution >= 0.6 is 23.5 Å². The van der Waals surface area contributed by atoms with Crippen molar-refractivity contribution in [2.24, 2.45) is 5.92 Å². The van der Waals surface area contributed by atoms with E-state index in [9.17, 15) is 19.5 Å². The molecule has 19 heavy (non-hydrogen) atoms. The van der Waals surface area contributed by atoms with Crippen LogP contribution in [0.15, 0.2) is 0 Å². The van der Waals surface area contributed by atoms with Crippen LogP contribution in [0.3, 0.4) is 0 Å². The number of carboxylic acids is 1. The third-order valence-electron chi connectivity index (χ3n) is 2.97. The molecule has 5 nitrogen and oxygen atoms in total. The second kappa shape index (κ2) is 6.17. The highest BCUT2D eigenvalue weighted by Crippen LogP contribution is 2.40. The van der Waals surface area contributed by atoms with Gasteiger partial charge in [-0.1, -0.05) is 18.7 Å². The van der Waals surface area contributed by atoms with Crippen molar-refractivity contribution in [2.45, 2.75) is 38.6 Å². The first-order valence-electron chi connectivity index (χ1n) is 6.00. The average molecular weight is 305 g/mol. The fourth-order valence-corrected chi connectivity index (χ4v) is 3.79. The van der Waals surface area contributed by atoms with Crippen LogP contribution in [0.25, 0.3) is 0 Å². The van der Waals surface area contributed by atoms with Crippen molar-refractivity contribution in [1.29, 1.82) is 0 Å². The predicted octanol–water partition coefficient (Wildman–Crippen LogP) is 1.67. The minimum atomic E-state index is -0.974. The van der Waals surface area contributed by atoms with Crippen LogP contribution in [0.2, 0.25) is 0 Å². The fraction of sp³-hybridized carbons (Fsp3) is 0.750. The molecule has 0 unspecified atom stereocenters. The van der Waals surface area contributed by atoms with Gasteiger partial charge in [0.05, 0.1) is 4.87 Å². The topological polar surface area (TPSA) is 74.7 Å². The lowest BCUT2D eigenvalue weighted by molar-refractivity contribution is -0.152. The van der Waals surface area contributed by atoms with Crippen LogP contribution in [-0.2, 0) is 14.4 Å². The van der Waals surface area contributed by atoms with E-state index < -0.39 is 16.9 Å². The van der Waals surface area contributed by atoms with E-state index in [1.54, 1.807) is 6.92 Å². The zero-order valence-corrected chi connectivity index (χ0v) is 13.1. The first-order valence-corrected chi connectivity index (χ1v) is 7.97. The molecule has 0 aromatic heterocycles. The molecule has 108 valence electrons. The van der Waals surface area contributed by atoms with E-state index in [0.29, 0.717) is 11.5 Å². The largest absolute Gasteiger partial charge is 0.480 e. The van der Waals surface area contributed by atoms with Gasteiger partial charge in [0.25, 0.3) is 0 Å². The number of rotatable bonds is 4. The first kappa shape index (κ1) is 16.4. The zero-order chi connectivity index (χ0) is 14.8. The summed E-state index contributed by atoms with van der Waals surface area (Å²) in [6.45, 7) is 6.89. The van der Waals surface area contributed by atoms with Gasteiger partial charge >= 0.3 is 5.97 Å². The molecular formula is C12H19NO4S2. The molecule has 1 N–H and O–H groups in total. The molecule has 1 heterocycles. The van der Waals surface area contributed by atoms with Gasteiger partial charge in [-0.15, -0.1) is 11.8 Å². The summed E-state index contributed by atoms with van der Waals surface area (Å²) in [5, 5.41) is 9.16. The summed E-state index contributed by atoms with van der Waals surface area (Å²) in [7, 11) is 0. The molecule has 0 aromatic carbocycles. The Morgan fingerprint density at radius 3 is 2.53 bits per heavy atom. The van der Waals surface area contributed by atoms with Crippen LogP contribution in [0.1, 0.15) is 27.7 Å². The number of carbonyl (C=O) groups excluding carboxylic acids is 2. The average Bonchev–Trinajstić information content (AvgIpc) is 2.60. The molecule has 0 spiro atoms. The molecule has 7 heteroatoms. The lowest BCUT2D eigenvalue weighted by Gasteiger charge is -2.35. The summed E-state index contributed by atoms with van der Waals surface area (Å²) in [6.07, 6.45) is 0. The summed E-state index contributed by atoms with van der Waals surface area (Å²) in [5.41, 5.74) is 0. The Morgan fingerprint density at radius 2 is 2.05 bits per heavy atom. The number of hydrogen-bond acceptors (Lipinski definition) is 5. The number of nitrogens with zero attached hydrogens (tertiary/aromatic N) is 1. The second-order valence-electron chi connectivity index (χ2n) is 5.02. The third kappa shape index (κ3) is 3.89. The molecule has 0 bridgehead atoms. The maximum atomic E-state index is 12.4. The van der Waals surface area contributed by atoms with Gasteiger partial charge in [0, 0.05) is 24.3 Å². The van der Waals surface area contributed by atoms with Crippen LogP contribution in [0.5, 0.6) is 0 Å². The molecule has 1 saturated heterocycles. The molecule has 1 aliphatic rings. The molecule has 0 aromatic rings. The molecule has 0 saturated carbocycles. The second-order valence-corrected chi connectivity index (χ2v) is 7.84. The van der Waals surface area contributed by atoms with E-state index in [-0.39, 0.29) is 16.9 Å². The van der Waals surface area contributed by atoms with E-state index in [1.165, 1.54) is 23.6 Å². The Balaban J connectivity index is 2.81. The summed E-state index contributed by atoms with van der Waals surface area (Å²) in [6, 6.07) is -0.780. The van der Waals surface area contributed by atoms with Gasteiger partial charge < -0.3 is 10.0 Å². The summed E-state index contributed by atoms with van der Waals surface area (Å²) in [5.74, 6) is -0.749. The van der Waals surface area contributed by atoms with Crippen molar-refractivity contribution < 1.29 is 19.5 Å². The zero-order valence-electron chi connectivity index (χ0n) is 11.5. The van der Waals surface area contributed by atoms with E-state index in [4.69, 9.17) is 0 Å². The Morgan fingerprint density at radius 1 is 1.47 bits per heavy atom. The Hall–Kier alpha value is -0.690. The van der Waals surface area contributed by atoms with E-state index in [1.807, 2.05) is 13.8 Å². The quantitative estimate of drug-likeness (QED) is 0.851. The number of hydrogen-bond donors (Lipinski definition) is 1. The number of carboxylic acid groups (broad SMARTS) is 1. The van der Waals surface area contributed by atoms with Gasteiger partial charge in [-0.3, -0.25) is 9.59 Å². The highest BCUT2D eigenvalue weighted by atomic mass is 32.2. The highest BCUT2D eigenvalue weighted by molar-refractivity contribution is 8.13. The van der Waals surface area contributed by atoms with E-state index in [2.05, 4.69) is 0 Å². The smallest absolute Gasteiger partial charge is 0.327 e. The van der Waals surface area contributed by atoms with Gasteiger partial charge in [-0.2, -0.15) is 0 Å². The van der Waals surface area contributed by atoms with Gasteiger partial charge in [-0.25, -0.2) is 4.79 Å². The maximum absolute atomic E-state index is 12.4. The third-order valence-corrected chi connectivity index (χ3v) is 5.43. The molecule has 0 aliphatic carbocycles. The molecule has 1 fully saturated rings. The van der Waals surface area contributed by atoms with E-state index >= 15 is 0 Å². The van der Waals surface area contributed by atoms with Gasteiger partial charge in [-0.05, 0) is 13.8 Å². The lowest BCUT2D eigenvalue weighted by atomic mass is 10.1. The molecule has 1 aliphatic heterocycles. The minimum Gasteiger partial charge on any atom is -0.480 e. The SMILES string of the molecule is CC(=O)SC[C@@H](C)C(=O)N1[C@@H](C(=O)O)CSC1(C)C. The molecule has 1 rings (SSSR count). The number of aliphatic carboxylic acids is 1. The summed E-state index contributed by atoms with van der Waals surface area (Å²) in [4.78, 5) is 35.5. The predicted molar refractivity (Wildman–Crippen MR) is 77.1 cm³/mol. The molecule has 0 radical (unpaired) electrons. The maximum Gasteiger partial charge on any atom is 0.327 e. The lowest BCUT2D eigenvalue weighted by Crippen LogP contribution is -2.52. The van der Waals surface area contributed by atoms with Gasteiger partial charge in [0.2, 0.25) is 5.91 Å². The van der Waals surface area contributed by atoms with Crippen molar-refractivity contribution in [3.05, 3.63) is 0 Å². The van der Waals surface area contributed by atoms with Crippen LogP contribution < -0.4 is 0 Å². The Bertz CT molecular complexity index is 397. The van der Waals surface area contributed by atoms with Crippen LogP contribution in [0.4, 0.5) is 0 Å². The Labute approximate surface area is 121 Å². The fourth-order valence-electron chi connectivity index (χ4n) is 1.95. The van der Waals surface area contributed by atoms with Crippen molar-refractivity contribution in [2.75, 3.05) is 11.5 Å². The van der Waals surface area contributed by atoms with Crippen molar-refractivity contribution in [3.8, 4) is 0 Å². The number of carbonyl (C=O) groups is 3. The van der Waals surface area contributed by atoms with Crippen molar-refractivity contribution in [3.63, 3.8) is 0 Å². The standard InChI is InChI=1S/C12H19NO4S2/c1-7(5-18-8(2)14)10(15)13-9(11(16)17)6-19-12(13,3)4/h7,9H,5-6H2,1-4H3,(H,16,17)/t7-,9-/m1/s1. The van der Waals surface area contributed by atoms with Gasteiger partial charge in [0.1, 0.15) is 6.04 Å². The minimum absolute atomic E-state index is 0.0375. The number of thioether (sulfide) groups is 2. The molecule has 2 atom stereocenters. The van der Waals surface area contributed by atoms with Crippen molar-refractivity contribution >= 4 is 40.5 Å².